The molecule has 0 amide bonds. The fourth-order valence-electron chi connectivity index (χ4n) is 1.13. The van der Waals surface area contributed by atoms with Crippen LogP contribution in [0.25, 0.3) is 0 Å². The van der Waals surface area contributed by atoms with Crippen LogP contribution in [-0.2, 0) is 4.79 Å². The van der Waals surface area contributed by atoms with Gasteiger partial charge in [-0.05, 0) is 18.6 Å². The molecule has 1 aliphatic rings. The molecule has 2 rings (SSSR count). The summed E-state index contributed by atoms with van der Waals surface area (Å²) in [6.07, 6.45) is 0.897. The molecular weight excluding hydrogens is 208 g/mol. The van der Waals surface area contributed by atoms with Gasteiger partial charge in [0.2, 0.25) is 0 Å². The van der Waals surface area contributed by atoms with Crippen molar-refractivity contribution in [1.29, 1.82) is 0 Å². The number of carbonyl (C=O) groups is 1. The van der Waals surface area contributed by atoms with Gasteiger partial charge in [0.25, 0.3) is 0 Å². The summed E-state index contributed by atoms with van der Waals surface area (Å²) in [4.78, 5) is 9.96. The van der Waals surface area contributed by atoms with Gasteiger partial charge in [-0.15, -0.1) is 0 Å². The maximum atomic E-state index is 9.96. The number of hydrogen-bond acceptors (Lipinski definition) is 3. The van der Waals surface area contributed by atoms with Gasteiger partial charge in [-0.3, -0.25) is 0 Å². The number of para-hydroxylation sites is 2. The number of carboxylic acid groups (broad SMARTS) is 1. The van der Waals surface area contributed by atoms with Crippen LogP contribution in [0.1, 0.15) is 26.2 Å². The lowest BCUT2D eigenvalue weighted by molar-refractivity contribution is -0.146. The molecule has 0 fully saturated rings. The van der Waals surface area contributed by atoms with E-state index in [0.717, 1.165) is 24.3 Å². The lowest BCUT2D eigenvalue weighted by Crippen LogP contribution is -2.18. The van der Waals surface area contributed by atoms with Crippen molar-refractivity contribution in [1.82, 2.24) is 0 Å². The molecule has 0 saturated heterocycles. The third-order valence-electron chi connectivity index (χ3n) is 2.14. The minimum Gasteiger partial charge on any atom is -0.479 e. The van der Waals surface area contributed by atoms with Gasteiger partial charge in [0.15, 0.2) is 17.6 Å². The van der Waals surface area contributed by atoms with E-state index in [-0.39, 0.29) is 0 Å². The number of hydrogen-bond donors (Lipinski definition) is 2. The fourth-order valence-corrected chi connectivity index (χ4v) is 1.13. The van der Waals surface area contributed by atoms with E-state index in [0.29, 0.717) is 6.42 Å². The smallest absolute Gasteiger partial charge is 0.332 e. The molecule has 16 heavy (non-hydrogen) atoms. The molecule has 2 N–H and O–H groups in total. The first-order valence-electron chi connectivity index (χ1n) is 5.33. The van der Waals surface area contributed by atoms with Crippen molar-refractivity contribution < 1.29 is 19.7 Å². The van der Waals surface area contributed by atoms with Crippen LogP contribution >= 0.6 is 0 Å². The zero-order valence-corrected chi connectivity index (χ0v) is 9.22. The van der Waals surface area contributed by atoms with Crippen molar-refractivity contribution >= 4 is 5.97 Å². The number of benzene rings is 1. The van der Waals surface area contributed by atoms with Gasteiger partial charge in [-0.2, -0.15) is 0 Å². The van der Waals surface area contributed by atoms with Crippen LogP contribution in [0.15, 0.2) is 24.3 Å². The summed E-state index contributed by atoms with van der Waals surface area (Å²) < 4.78 is 4.94. The second-order valence-electron chi connectivity index (χ2n) is 3.55. The summed E-state index contributed by atoms with van der Waals surface area (Å²) >= 11 is 0. The Bertz CT molecular complexity index is 328. The Morgan fingerprint density at radius 3 is 2.31 bits per heavy atom. The highest BCUT2D eigenvalue weighted by molar-refractivity contribution is 5.71. The molecule has 1 heterocycles. The number of ether oxygens (including phenoxy) is 1. The highest BCUT2D eigenvalue weighted by Gasteiger charge is 2.15. The summed E-state index contributed by atoms with van der Waals surface area (Å²) in [5.74, 6) is 0.938. The third-order valence-corrected chi connectivity index (χ3v) is 2.14. The SMILES string of the molecule is CCCCC(O)C(=O)O.c1ccc2c(c1)O2. The van der Waals surface area contributed by atoms with Crippen molar-refractivity contribution in [3.8, 4) is 11.5 Å². The minimum absolute atomic E-state index is 0.367. The van der Waals surface area contributed by atoms with Gasteiger partial charge in [0.05, 0.1) is 0 Å². The van der Waals surface area contributed by atoms with Gasteiger partial charge in [-0.1, -0.05) is 31.9 Å². The Labute approximate surface area is 94.5 Å². The average molecular weight is 224 g/mol. The lowest BCUT2D eigenvalue weighted by Gasteiger charge is -2.01. The van der Waals surface area contributed by atoms with Crippen molar-refractivity contribution in [2.75, 3.05) is 0 Å². The maximum absolute atomic E-state index is 9.96. The molecule has 4 nitrogen and oxygen atoms in total. The monoisotopic (exact) mass is 224 g/mol. The Hall–Kier alpha value is -1.55. The molecule has 0 saturated carbocycles. The lowest BCUT2D eigenvalue weighted by atomic mass is 10.2. The zero-order valence-electron chi connectivity index (χ0n) is 9.22. The van der Waals surface area contributed by atoms with Gasteiger partial charge in [-0.25, -0.2) is 4.79 Å². The molecule has 1 aliphatic heterocycles. The predicted octanol–water partition coefficient (Wildman–Crippen LogP) is 2.41. The van der Waals surface area contributed by atoms with Crippen LogP contribution in [0, 0.1) is 0 Å². The van der Waals surface area contributed by atoms with Crippen LogP contribution in [0.2, 0.25) is 0 Å². The van der Waals surface area contributed by atoms with Crippen LogP contribution in [0.3, 0.4) is 0 Å². The highest BCUT2D eigenvalue weighted by atomic mass is 16.6. The number of aliphatic hydroxyl groups is 1. The normalized spacial score (nSPS) is 12.6. The molecule has 1 aromatic carbocycles. The van der Waals surface area contributed by atoms with Crippen molar-refractivity contribution in [3.05, 3.63) is 24.3 Å². The largest absolute Gasteiger partial charge is 0.479 e. The molecule has 0 spiro atoms. The number of aliphatic carboxylic acids is 1. The van der Waals surface area contributed by atoms with Gasteiger partial charge >= 0.3 is 5.97 Å². The van der Waals surface area contributed by atoms with Gasteiger partial charge in [0.1, 0.15) is 0 Å². The summed E-state index contributed by atoms with van der Waals surface area (Å²) in [5, 5.41) is 16.8. The maximum Gasteiger partial charge on any atom is 0.332 e. The summed E-state index contributed by atoms with van der Waals surface area (Å²) in [6.45, 7) is 1.95. The number of unbranched alkanes of at least 4 members (excludes halogenated alkanes) is 1. The first-order chi connectivity index (χ1) is 7.65. The molecule has 1 unspecified atom stereocenters. The van der Waals surface area contributed by atoms with Gasteiger partial charge < -0.3 is 14.9 Å². The Balaban J connectivity index is 0.000000163. The summed E-state index contributed by atoms with van der Waals surface area (Å²) in [7, 11) is 0. The highest BCUT2D eigenvalue weighted by Crippen LogP contribution is 2.43. The van der Waals surface area contributed by atoms with Crippen LogP contribution in [-0.4, -0.2) is 22.3 Å². The molecule has 4 heteroatoms. The van der Waals surface area contributed by atoms with Crippen LogP contribution in [0.4, 0.5) is 0 Å². The van der Waals surface area contributed by atoms with E-state index in [1.165, 1.54) is 0 Å². The second-order valence-corrected chi connectivity index (χ2v) is 3.55. The quantitative estimate of drug-likeness (QED) is 0.782. The molecule has 1 atom stereocenters. The first kappa shape index (κ1) is 12.5. The number of fused-ring (bicyclic) bond motifs is 1. The van der Waals surface area contributed by atoms with Crippen molar-refractivity contribution in [2.24, 2.45) is 0 Å². The van der Waals surface area contributed by atoms with Crippen molar-refractivity contribution in [2.45, 2.75) is 32.3 Å². The zero-order chi connectivity index (χ0) is 12.0. The molecule has 0 radical (unpaired) electrons. The predicted molar refractivity (Wildman–Crippen MR) is 59.7 cm³/mol. The minimum atomic E-state index is -1.16. The van der Waals surface area contributed by atoms with E-state index >= 15 is 0 Å². The van der Waals surface area contributed by atoms with Gasteiger partial charge in [0, 0.05) is 0 Å². The summed E-state index contributed by atoms with van der Waals surface area (Å²) in [5.41, 5.74) is 0. The Morgan fingerprint density at radius 1 is 1.38 bits per heavy atom. The second kappa shape index (κ2) is 6.12. The number of carboxylic acids is 1. The van der Waals surface area contributed by atoms with E-state index in [1.54, 1.807) is 0 Å². The first-order valence-corrected chi connectivity index (χ1v) is 5.33. The van der Waals surface area contributed by atoms with Crippen molar-refractivity contribution in [3.63, 3.8) is 0 Å². The summed E-state index contributed by atoms with van der Waals surface area (Å²) in [6, 6.07) is 7.84. The molecule has 0 aliphatic carbocycles. The van der Waals surface area contributed by atoms with E-state index in [2.05, 4.69) is 0 Å². The molecular formula is C12H16O4. The molecule has 1 aromatic rings. The van der Waals surface area contributed by atoms with Crippen LogP contribution < -0.4 is 4.74 Å². The van der Waals surface area contributed by atoms with Crippen LogP contribution in [0.5, 0.6) is 11.5 Å². The molecule has 0 aromatic heterocycles. The molecule has 88 valence electrons. The number of aliphatic hydroxyl groups excluding tert-OH is 1. The third kappa shape index (κ3) is 4.31. The topological polar surface area (TPSA) is 70.1 Å². The van der Waals surface area contributed by atoms with E-state index in [4.69, 9.17) is 14.9 Å². The molecule has 0 bridgehead atoms. The van der Waals surface area contributed by atoms with E-state index in [9.17, 15) is 4.79 Å². The van der Waals surface area contributed by atoms with E-state index in [1.807, 2.05) is 31.2 Å². The Kier molecular flexibility index (Phi) is 4.79. The standard InChI is InChI=1S/C6H12O3.C6H4O/c1-2-3-4-5(7)6(8)9;1-2-4-6-5(3-1)7-6/h5,7H,2-4H2,1H3,(H,8,9);1-4H. The average Bonchev–Trinajstić information content (AvgIpc) is 3.05. The Morgan fingerprint density at radius 2 is 1.94 bits per heavy atom. The van der Waals surface area contributed by atoms with E-state index < -0.39 is 12.1 Å². The fraction of sp³-hybridized carbons (Fsp3) is 0.417. The number of rotatable bonds is 4.